The molecule has 0 aliphatic carbocycles. The van der Waals surface area contributed by atoms with E-state index >= 15 is 0 Å². The van der Waals surface area contributed by atoms with Gasteiger partial charge >= 0.3 is 5.97 Å². The zero-order chi connectivity index (χ0) is 18.2. The summed E-state index contributed by atoms with van der Waals surface area (Å²) in [6.07, 6.45) is 2.22. The quantitative estimate of drug-likeness (QED) is 0.611. The van der Waals surface area contributed by atoms with Crippen LogP contribution in [0.25, 0.3) is 0 Å². The molecule has 0 spiro atoms. The number of rotatable bonds is 10. The molecule has 0 aliphatic rings. The summed E-state index contributed by atoms with van der Waals surface area (Å²) in [7, 11) is -3.21. The molecule has 1 amide bonds. The number of aryl methyl sites for hydroxylation is 1. The highest BCUT2D eigenvalue weighted by Crippen LogP contribution is 2.11. The van der Waals surface area contributed by atoms with Crippen LogP contribution in [0.5, 0.6) is 0 Å². The number of sulfonamides is 1. The Bertz CT molecular complexity index is 673. The fraction of sp³-hybridized carbons (Fsp3) is 0.500. The van der Waals surface area contributed by atoms with Gasteiger partial charge in [-0.05, 0) is 24.5 Å². The van der Waals surface area contributed by atoms with E-state index < -0.39 is 16.0 Å². The molecule has 0 aromatic heterocycles. The molecule has 1 rings (SSSR count). The van der Waals surface area contributed by atoms with Crippen molar-refractivity contribution in [2.75, 3.05) is 25.9 Å². The van der Waals surface area contributed by atoms with Gasteiger partial charge in [0.1, 0.15) is 0 Å². The maximum Gasteiger partial charge on any atom is 0.335 e. The molecule has 0 aliphatic heterocycles. The molecule has 7 nitrogen and oxygen atoms in total. The van der Waals surface area contributed by atoms with Crippen LogP contribution in [0.1, 0.15) is 35.7 Å². The predicted octanol–water partition coefficient (Wildman–Crippen LogP) is 1.11. The van der Waals surface area contributed by atoms with E-state index in [1.165, 1.54) is 10.4 Å². The van der Waals surface area contributed by atoms with Gasteiger partial charge in [0, 0.05) is 26.1 Å². The number of carboxylic acid groups (broad SMARTS) is 1. The van der Waals surface area contributed by atoms with Crippen molar-refractivity contribution >= 4 is 21.9 Å². The van der Waals surface area contributed by atoms with E-state index in [4.69, 9.17) is 5.11 Å². The first-order valence-corrected chi connectivity index (χ1v) is 9.63. The van der Waals surface area contributed by atoms with Crippen molar-refractivity contribution in [3.05, 3.63) is 35.4 Å². The van der Waals surface area contributed by atoms with E-state index in [0.717, 1.165) is 6.26 Å². The fourth-order valence-electron chi connectivity index (χ4n) is 2.33. The van der Waals surface area contributed by atoms with Crippen molar-refractivity contribution in [3.63, 3.8) is 0 Å². The van der Waals surface area contributed by atoms with Gasteiger partial charge in [0.15, 0.2) is 0 Å². The number of carbonyl (C=O) groups excluding carboxylic acids is 1. The van der Waals surface area contributed by atoms with Crippen molar-refractivity contribution in [1.29, 1.82) is 0 Å². The molecule has 0 saturated heterocycles. The van der Waals surface area contributed by atoms with Gasteiger partial charge in [-0.2, -0.15) is 0 Å². The molecule has 0 fully saturated rings. The third-order valence-electron chi connectivity index (χ3n) is 3.60. The lowest BCUT2D eigenvalue weighted by molar-refractivity contribution is -0.121. The highest BCUT2D eigenvalue weighted by atomic mass is 32.2. The number of hydrogen-bond acceptors (Lipinski definition) is 4. The minimum absolute atomic E-state index is 0.183. The summed E-state index contributed by atoms with van der Waals surface area (Å²) in [6.45, 7) is 2.90. The van der Waals surface area contributed by atoms with Crippen LogP contribution in [-0.4, -0.2) is 55.6 Å². The highest BCUT2D eigenvalue weighted by molar-refractivity contribution is 7.88. The average molecular weight is 356 g/mol. The largest absolute Gasteiger partial charge is 0.478 e. The smallest absolute Gasteiger partial charge is 0.335 e. The number of hydrogen-bond donors (Lipinski definition) is 2. The second-order valence-corrected chi connectivity index (χ2v) is 7.40. The minimum atomic E-state index is -3.21. The topological polar surface area (TPSA) is 104 Å². The van der Waals surface area contributed by atoms with E-state index in [2.05, 4.69) is 5.32 Å². The van der Waals surface area contributed by atoms with Crippen molar-refractivity contribution in [3.8, 4) is 0 Å². The van der Waals surface area contributed by atoms with Gasteiger partial charge in [-0.3, -0.25) is 4.79 Å². The van der Waals surface area contributed by atoms with E-state index in [-0.39, 0.29) is 17.9 Å². The molecule has 0 atom stereocenters. The predicted molar refractivity (Wildman–Crippen MR) is 91.4 cm³/mol. The summed E-state index contributed by atoms with van der Waals surface area (Å²) in [4.78, 5) is 22.9. The van der Waals surface area contributed by atoms with Crippen LogP contribution in [0.3, 0.4) is 0 Å². The van der Waals surface area contributed by atoms with Crippen molar-refractivity contribution in [2.24, 2.45) is 0 Å². The number of carboxylic acids is 1. The Balaban J connectivity index is 2.37. The first-order chi connectivity index (χ1) is 11.3. The van der Waals surface area contributed by atoms with Crippen LogP contribution in [0.15, 0.2) is 24.3 Å². The molecule has 0 unspecified atom stereocenters. The standard InChI is InChI=1S/C16H24N2O5S/c1-3-18(24(2,22)23)12-6-11-17-15(19)10-9-13-7-4-5-8-14(13)16(20)21/h4-5,7-8H,3,6,9-12H2,1-2H3,(H,17,19)(H,20,21). The van der Waals surface area contributed by atoms with Crippen LogP contribution in [-0.2, 0) is 21.2 Å². The molecule has 24 heavy (non-hydrogen) atoms. The second kappa shape index (κ2) is 9.39. The lowest BCUT2D eigenvalue weighted by atomic mass is 10.0. The highest BCUT2D eigenvalue weighted by Gasteiger charge is 2.14. The Kier molecular flexibility index (Phi) is 7.87. The van der Waals surface area contributed by atoms with Gasteiger partial charge in [0.25, 0.3) is 0 Å². The molecular formula is C16H24N2O5S. The fourth-order valence-corrected chi connectivity index (χ4v) is 3.25. The number of amides is 1. The lowest BCUT2D eigenvalue weighted by Crippen LogP contribution is -2.33. The summed E-state index contributed by atoms with van der Waals surface area (Å²) in [5.41, 5.74) is 0.825. The number of aromatic carboxylic acids is 1. The summed E-state index contributed by atoms with van der Waals surface area (Å²) in [5, 5.41) is 11.8. The third kappa shape index (κ3) is 6.67. The molecule has 134 valence electrons. The first kappa shape index (κ1) is 20.1. The summed E-state index contributed by atoms with van der Waals surface area (Å²) < 4.78 is 24.2. The summed E-state index contributed by atoms with van der Waals surface area (Å²) in [6, 6.07) is 6.60. The molecule has 0 radical (unpaired) electrons. The normalized spacial score (nSPS) is 11.5. The zero-order valence-corrected chi connectivity index (χ0v) is 14.8. The van der Waals surface area contributed by atoms with Gasteiger partial charge in [0.2, 0.25) is 15.9 Å². The Morgan fingerprint density at radius 2 is 1.92 bits per heavy atom. The second-order valence-electron chi connectivity index (χ2n) is 5.42. The summed E-state index contributed by atoms with van der Waals surface area (Å²) >= 11 is 0. The van der Waals surface area contributed by atoms with E-state index in [1.807, 2.05) is 0 Å². The Morgan fingerprint density at radius 3 is 2.50 bits per heavy atom. The number of nitrogens with zero attached hydrogens (tertiary/aromatic N) is 1. The Labute approximate surface area is 142 Å². The van der Waals surface area contributed by atoms with Crippen LogP contribution >= 0.6 is 0 Å². The molecule has 8 heteroatoms. The van der Waals surface area contributed by atoms with E-state index in [1.54, 1.807) is 25.1 Å². The maximum absolute atomic E-state index is 11.8. The number of nitrogens with one attached hydrogen (secondary N) is 1. The molecule has 2 N–H and O–H groups in total. The van der Waals surface area contributed by atoms with E-state index in [9.17, 15) is 18.0 Å². The number of carbonyl (C=O) groups is 2. The van der Waals surface area contributed by atoms with Gasteiger partial charge in [-0.1, -0.05) is 25.1 Å². The first-order valence-electron chi connectivity index (χ1n) is 7.78. The summed E-state index contributed by atoms with van der Waals surface area (Å²) in [5.74, 6) is -1.19. The average Bonchev–Trinajstić information content (AvgIpc) is 2.51. The molecule has 0 saturated carbocycles. The lowest BCUT2D eigenvalue weighted by Gasteiger charge is -2.17. The van der Waals surface area contributed by atoms with Crippen LogP contribution < -0.4 is 5.32 Å². The van der Waals surface area contributed by atoms with E-state index in [0.29, 0.717) is 38.0 Å². The third-order valence-corrected chi connectivity index (χ3v) is 4.98. The molecule has 0 bridgehead atoms. The van der Waals surface area contributed by atoms with Gasteiger partial charge in [0.05, 0.1) is 11.8 Å². The van der Waals surface area contributed by atoms with Gasteiger partial charge < -0.3 is 10.4 Å². The van der Waals surface area contributed by atoms with Gasteiger partial charge in [-0.25, -0.2) is 17.5 Å². The monoisotopic (exact) mass is 356 g/mol. The zero-order valence-electron chi connectivity index (χ0n) is 14.0. The van der Waals surface area contributed by atoms with Gasteiger partial charge in [-0.15, -0.1) is 0 Å². The number of benzene rings is 1. The molecule has 0 heterocycles. The van der Waals surface area contributed by atoms with Crippen LogP contribution in [0.4, 0.5) is 0 Å². The molecule has 1 aromatic rings. The minimum Gasteiger partial charge on any atom is -0.478 e. The maximum atomic E-state index is 11.8. The van der Waals surface area contributed by atoms with Crippen LogP contribution in [0.2, 0.25) is 0 Å². The molecular weight excluding hydrogens is 332 g/mol. The Hall–Kier alpha value is -1.93. The SMILES string of the molecule is CCN(CCCNC(=O)CCc1ccccc1C(=O)O)S(C)(=O)=O. The van der Waals surface area contributed by atoms with Crippen molar-refractivity contribution in [2.45, 2.75) is 26.2 Å². The van der Waals surface area contributed by atoms with Crippen molar-refractivity contribution in [1.82, 2.24) is 9.62 Å². The molecule has 1 aromatic carbocycles. The van der Waals surface area contributed by atoms with Crippen molar-refractivity contribution < 1.29 is 23.1 Å². The van der Waals surface area contributed by atoms with Crippen LogP contribution in [0, 0.1) is 0 Å². The Morgan fingerprint density at radius 1 is 1.25 bits per heavy atom.